The number of ether oxygens (including phenoxy) is 1. The summed E-state index contributed by atoms with van der Waals surface area (Å²) in [5, 5.41) is 9.63. The van der Waals surface area contributed by atoms with Gasteiger partial charge >= 0.3 is 5.97 Å². The fraction of sp³-hybridized carbons (Fsp3) is 0.0556. The summed E-state index contributed by atoms with van der Waals surface area (Å²) in [6.07, 6.45) is 1.57. The predicted octanol–water partition coefficient (Wildman–Crippen LogP) is 3.91. The molecule has 3 rings (SSSR count). The number of carbonyl (C=O) groups excluding carboxylic acids is 1. The minimum absolute atomic E-state index is 0.0769. The zero-order valence-corrected chi connectivity index (χ0v) is 11.4. The molecule has 0 aliphatic carbocycles. The van der Waals surface area contributed by atoms with Crippen LogP contribution < -0.4 is 4.74 Å². The zero-order valence-electron chi connectivity index (χ0n) is 11.4. The second kappa shape index (κ2) is 4.94. The molecule has 2 aromatic rings. The van der Waals surface area contributed by atoms with Crippen LogP contribution in [0.5, 0.6) is 5.75 Å². The molecule has 104 valence electrons. The Labute approximate surface area is 122 Å². The number of hydrogen-bond acceptors (Lipinski definition) is 3. The average Bonchev–Trinajstić information content (AvgIpc) is 2.82. The van der Waals surface area contributed by atoms with Gasteiger partial charge in [0.1, 0.15) is 17.4 Å². The van der Waals surface area contributed by atoms with Crippen LogP contribution in [0.3, 0.4) is 0 Å². The Kier molecular flexibility index (Phi) is 3.10. The van der Waals surface area contributed by atoms with Gasteiger partial charge in [-0.05, 0) is 5.56 Å². The van der Waals surface area contributed by atoms with Gasteiger partial charge < -0.3 is 9.84 Å². The van der Waals surface area contributed by atoms with E-state index >= 15 is 0 Å². The van der Waals surface area contributed by atoms with Gasteiger partial charge in [-0.3, -0.25) is 4.79 Å². The third kappa shape index (κ3) is 2.03. The molecule has 3 nitrogen and oxygen atoms in total. The normalized spacial score (nSPS) is 16.2. The highest BCUT2D eigenvalue weighted by Gasteiger charge is 2.36. The Bertz CT molecular complexity index is 745. The van der Waals surface area contributed by atoms with E-state index in [1.165, 1.54) is 0 Å². The Hall–Kier alpha value is -2.81. The van der Waals surface area contributed by atoms with Gasteiger partial charge in [0.25, 0.3) is 0 Å². The van der Waals surface area contributed by atoms with E-state index in [-0.39, 0.29) is 11.7 Å². The predicted molar refractivity (Wildman–Crippen MR) is 82.1 cm³/mol. The molecule has 0 aromatic heterocycles. The van der Waals surface area contributed by atoms with Gasteiger partial charge in [-0.1, -0.05) is 61.7 Å². The number of esters is 1. The van der Waals surface area contributed by atoms with Crippen molar-refractivity contribution >= 4 is 17.8 Å². The standard InChI is InChI=1S/C18H14O3/c1-3-13-14(11(2)19)9-10-15-16(18(20)21-17(13)15)12-7-5-4-6-8-12/h3-10,16,19H,1-2H2. The Morgan fingerprint density at radius 2 is 1.90 bits per heavy atom. The van der Waals surface area contributed by atoms with Crippen LogP contribution in [0.15, 0.2) is 55.6 Å². The maximum absolute atomic E-state index is 12.2. The first kappa shape index (κ1) is 13.2. The van der Waals surface area contributed by atoms with E-state index in [2.05, 4.69) is 13.2 Å². The zero-order chi connectivity index (χ0) is 15.0. The lowest BCUT2D eigenvalue weighted by Crippen LogP contribution is -2.11. The Balaban J connectivity index is 2.19. The minimum Gasteiger partial charge on any atom is -0.508 e. The fourth-order valence-electron chi connectivity index (χ4n) is 2.66. The summed E-state index contributed by atoms with van der Waals surface area (Å²) in [5.74, 6) is -0.385. The molecule has 0 fully saturated rings. The highest BCUT2D eigenvalue weighted by molar-refractivity contribution is 5.92. The van der Waals surface area contributed by atoms with Crippen molar-refractivity contribution in [3.63, 3.8) is 0 Å². The third-order valence-electron chi connectivity index (χ3n) is 3.62. The molecule has 2 aromatic carbocycles. The van der Waals surface area contributed by atoms with E-state index in [0.29, 0.717) is 16.9 Å². The highest BCUT2D eigenvalue weighted by Crippen LogP contribution is 2.43. The average molecular weight is 278 g/mol. The molecular formula is C18H14O3. The van der Waals surface area contributed by atoms with Crippen LogP contribution in [-0.2, 0) is 4.79 Å². The summed E-state index contributed by atoms with van der Waals surface area (Å²) in [6, 6.07) is 13.0. The number of rotatable bonds is 3. The summed E-state index contributed by atoms with van der Waals surface area (Å²) < 4.78 is 5.42. The molecule has 1 N–H and O–H groups in total. The highest BCUT2D eigenvalue weighted by atomic mass is 16.5. The van der Waals surface area contributed by atoms with Gasteiger partial charge in [0.05, 0.1) is 0 Å². The molecule has 1 heterocycles. The molecule has 0 amide bonds. The lowest BCUT2D eigenvalue weighted by molar-refractivity contribution is -0.133. The largest absolute Gasteiger partial charge is 0.508 e. The summed E-state index contributed by atoms with van der Waals surface area (Å²) in [4.78, 5) is 12.2. The maximum Gasteiger partial charge on any atom is 0.323 e. The van der Waals surface area contributed by atoms with Crippen LogP contribution in [-0.4, -0.2) is 11.1 Å². The summed E-state index contributed by atoms with van der Waals surface area (Å²) >= 11 is 0. The van der Waals surface area contributed by atoms with Gasteiger partial charge in [-0.25, -0.2) is 0 Å². The number of aliphatic hydroxyl groups is 1. The van der Waals surface area contributed by atoms with Crippen molar-refractivity contribution in [3.05, 3.63) is 77.9 Å². The SMILES string of the molecule is C=Cc1c(C(=C)O)ccc2c1OC(=O)C2c1ccccc1. The van der Waals surface area contributed by atoms with Gasteiger partial charge in [0, 0.05) is 16.7 Å². The number of fused-ring (bicyclic) bond motifs is 1. The smallest absolute Gasteiger partial charge is 0.323 e. The van der Waals surface area contributed by atoms with Crippen LogP contribution in [0, 0.1) is 0 Å². The number of benzene rings is 2. The van der Waals surface area contributed by atoms with Gasteiger partial charge in [-0.2, -0.15) is 0 Å². The monoisotopic (exact) mass is 278 g/mol. The van der Waals surface area contributed by atoms with Crippen molar-refractivity contribution in [2.45, 2.75) is 5.92 Å². The second-order valence-electron chi connectivity index (χ2n) is 4.86. The van der Waals surface area contributed by atoms with Crippen molar-refractivity contribution in [2.24, 2.45) is 0 Å². The molecule has 0 radical (unpaired) electrons. The topological polar surface area (TPSA) is 46.5 Å². The van der Waals surface area contributed by atoms with Crippen LogP contribution >= 0.6 is 0 Å². The second-order valence-corrected chi connectivity index (χ2v) is 4.86. The van der Waals surface area contributed by atoms with E-state index in [9.17, 15) is 9.90 Å². The van der Waals surface area contributed by atoms with Crippen molar-refractivity contribution in [1.29, 1.82) is 0 Å². The van der Waals surface area contributed by atoms with Crippen molar-refractivity contribution < 1.29 is 14.6 Å². The molecule has 0 bridgehead atoms. The number of hydrogen-bond donors (Lipinski definition) is 1. The Morgan fingerprint density at radius 3 is 2.52 bits per heavy atom. The molecule has 1 atom stereocenters. The van der Waals surface area contributed by atoms with Crippen molar-refractivity contribution in [3.8, 4) is 5.75 Å². The molecule has 0 spiro atoms. The third-order valence-corrected chi connectivity index (χ3v) is 3.62. The first-order valence-corrected chi connectivity index (χ1v) is 6.57. The van der Waals surface area contributed by atoms with E-state index in [1.807, 2.05) is 30.3 Å². The van der Waals surface area contributed by atoms with E-state index in [0.717, 1.165) is 11.1 Å². The molecule has 0 saturated heterocycles. The lowest BCUT2D eigenvalue weighted by atomic mass is 9.90. The first-order valence-electron chi connectivity index (χ1n) is 6.57. The molecule has 21 heavy (non-hydrogen) atoms. The van der Waals surface area contributed by atoms with Crippen molar-refractivity contribution in [1.82, 2.24) is 0 Å². The van der Waals surface area contributed by atoms with Gasteiger partial charge in [0.2, 0.25) is 0 Å². The van der Waals surface area contributed by atoms with E-state index < -0.39 is 5.92 Å². The van der Waals surface area contributed by atoms with Crippen LogP contribution in [0.4, 0.5) is 0 Å². The molecular weight excluding hydrogens is 264 g/mol. The maximum atomic E-state index is 12.2. The van der Waals surface area contributed by atoms with E-state index in [4.69, 9.17) is 4.74 Å². The summed E-state index contributed by atoms with van der Waals surface area (Å²) in [7, 11) is 0. The lowest BCUT2D eigenvalue weighted by Gasteiger charge is -2.10. The van der Waals surface area contributed by atoms with Crippen LogP contribution in [0.25, 0.3) is 11.8 Å². The van der Waals surface area contributed by atoms with Gasteiger partial charge in [-0.15, -0.1) is 0 Å². The first-order chi connectivity index (χ1) is 10.1. The molecule has 1 aliphatic rings. The van der Waals surface area contributed by atoms with Gasteiger partial charge in [0.15, 0.2) is 0 Å². The minimum atomic E-state index is -0.444. The van der Waals surface area contributed by atoms with E-state index in [1.54, 1.807) is 18.2 Å². The molecule has 1 aliphatic heterocycles. The number of aliphatic hydroxyl groups excluding tert-OH is 1. The van der Waals surface area contributed by atoms with Crippen LogP contribution in [0.1, 0.15) is 28.2 Å². The molecule has 1 unspecified atom stereocenters. The van der Waals surface area contributed by atoms with Crippen molar-refractivity contribution in [2.75, 3.05) is 0 Å². The summed E-state index contributed by atoms with van der Waals surface area (Å²) in [5.41, 5.74) is 2.77. The number of carbonyl (C=O) groups is 1. The molecule has 0 saturated carbocycles. The quantitative estimate of drug-likeness (QED) is 0.526. The molecule has 3 heteroatoms. The van der Waals surface area contributed by atoms with Crippen LogP contribution in [0.2, 0.25) is 0 Å². The summed E-state index contributed by atoms with van der Waals surface area (Å²) in [6.45, 7) is 7.25. The fourth-order valence-corrected chi connectivity index (χ4v) is 2.66. The Morgan fingerprint density at radius 1 is 1.19 bits per heavy atom.